The summed E-state index contributed by atoms with van der Waals surface area (Å²) in [4.78, 5) is 80.4. The molecule has 0 aromatic heterocycles. The van der Waals surface area contributed by atoms with Crippen molar-refractivity contribution in [1.29, 1.82) is 0 Å². The Labute approximate surface area is 273 Å². The van der Waals surface area contributed by atoms with Gasteiger partial charge in [0.2, 0.25) is 17.6 Å². The molecule has 1 heterocycles. The summed E-state index contributed by atoms with van der Waals surface area (Å²) >= 11 is 0. The third-order valence-electron chi connectivity index (χ3n) is 8.48. The number of allylic oxidation sites excluding steroid dienone is 1. The number of rotatable bonds is 13. The maximum Gasteiger partial charge on any atom is 0.315 e. The van der Waals surface area contributed by atoms with Crippen LogP contribution in [0.5, 0.6) is 0 Å². The monoisotopic (exact) mass is 643 g/mol. The zero-order valence-corrected chi connectivity index (χ0v) is 29.1. The maximum atomic E-state index is 14.1. The molecule has 5 amide bonds. The minimum Gasteiger partial charge on any atom is -0.446 e. The summed E-state index contributed by atoms with van der Waals surface area (Å²) in [5.74, 6) is -1.21. The Morgan fingerprint density at radius 2 is 1.65 bits per heavy atom. The van der Waals surface area contributed by atoms with Crippen molar-refractivity contribution in [3.63, 3.8) is 0 Å². The average molecular weight is 644 g/mol. The summed E-state index contributed by atoms with van der Waals surface area (Å²) in [6.07, 6.45) is 7.14. The first-order valence-corrected chi connectivity index (χ1v) is 15.8. The van der Waals surface area contributed by atoms with E-state index >= 15 is 0 Å². The van der Waals surface area contributed by atoms with Crippen LogP contribution in [0.15, 0.2) is 12.7 Å². The van der Waals surface area contributed by atoms with Crippen LogP contribution < -0.4 is 21.3 Å². The largest absolute Gasteiger partial charge is 0.446 e. The van der Waals surface area contributed by atoms with Gasteiger partial charge in [-0.05, 0) is 70.1 Å². The lowest BCUT2D eigenvalue weighted by molar-refractivity contribution is -0.151. The van der Waals surface area contributed by atoms with Crippen molar-refractivity contribution in [2.45, 2.75) is 118 Å². The lowest BCUT2D eigenvalue weighted by atomic mass is 9.85. The van der Waals surface area contributed by atoms with Gasteiger partial charge in [0, 0.05) is 18.6 Å². The molecule has 5 atom stereocenters. The number of nitrogens with one attached hydrogen (secondary N) is 4. The summed E-state index contributed by atoms with van der Waals surface area (Å²) in [5.41, 5.74) is -2.53. The molecule has 0 bridgehead atoms. The molecule has 0 aromatic carbocycles. The Morgan fingerprint density at radius 3 is 2.17 bits per heavy atom. The van der Waals surface area contributed by atoms with Crippen LogP contribution in [0.25, 0.3) is 0 Å². The van der Waals surface area contributed by atoms with Crippen LogP contribution >= 0.6 is 0 Å². The summed E-state index contributed by atoms with van der Waals surface area (Å²) in [7, 11) is 0. The molecule has 0 aromatic rings. The number of carbonyl (C=O) groups excluding carboxylic acids is 6. The standard InChI is InChI=1S/C34H53N5O7/c1-13-15-16-21(25(41)28(43)35-18-17-22(40)46-33(9,10)14-2)36-27(42)24-23-20(34(23,11)12)19-39(24)29(44)26(31(3,4)5)37-30(45)38-32(6,7)8/h2,13,20-21,23-24,26H,1,15-19H2,3-12H3,(H,35,43)(H,36,42)(H2,37,38,45)/t20-,21?,23-,24-,26+/m0/s1. The number of terminal acetylenes is 1. The van der Waals surface area contributed by atoms with E-state index in [0.717, 1.165) is 0 Å². The number of nitrogens with zero attached hydrogens (tertiary/aromatic N) is 1. The number of ketones is 1. The van der Waals surface area contributed by atoms with Crippen LogP contribution in [0.3, 0.4) is 0 Å². The molecule has 46 heavy (non-hydrogen) atoms. The van der Waals surface area contributed by atoms with Crippen LogP contribution in [0.2, 0.25) is 0 Å². The molecule has 2 fully saturated rings. The zero-order chi connectivity index (χ0) is 35.4. The van der Waals surface area contributed by atoms with E-state index in [1.54, 1.807) is 19.9 Å². The minimum atomic E-state index is -1.19. The maximum absolute atomic E-state index is 14.1. The van der Waals surface area contributed by atoms with Crippen molar-refractivity contribution < 1.29 is 33.5 Å². The first-order chi connectivity index (χ1) is 21.0. The van der Waals surface area contributed by atoms with Crippen molar-refractivity contribution in [2.24, 2.45) is 22.7 Å². The van der Waals surface area contributed by atoms with E-state index in [2.05, 4.69) is 33.8 Å². The van der Waals surface area contributed by atoms with Crippen molar-refractivity contribution in [1.82, 2.24) is 26.2 Å². The van der Waals surface area contributed by atoms with Gasteiger partial charge in [-0.1, -0.05) is 46.6 Å². The number of likely N-dealkylation sites (tertiary alicyclic amines) is 1. The molecule has 1 unspecified atom stereocenters. The molecular weight excluding hydrogens is 590 g/mol. The summed E-state index contributed by atoms with van der Waals surface area (Å²) in [5, 5.41) is 10.8. The summed E-state index contributed by atoms with van der Waals surface area (Å²) in [6.45, 7) is 22.0. The summed E-state index contributed by atoms with van der Waals surface area (Å²) in [6, 6.07) is -3.53. The number of hydrogen-bond donors (Lipinski definition) is 4. The molecule has 0 radical (unpaired) electrons. The predicted octanol–water partition coefficient (Wildman–Crippen LogP) is 2.46. The van der Waals surface area contributed by atoms with Crippen molar-refractivity contribution in [2.75, 3.05) is 13.1 Å². The highest BCUT2D eigenvalue weighted by Crippen LogP contribution is 2.65. The number of fused-ring (bicyclic) bond motifs is 1. The molecule has 1 aliphatic heterocycles. The van der Waals surface area contributed by atoms with E-state index in [0.29, 0.717) is 13.0 Å². The summed E-state index contributed by atoms with van der Waals surface area (Å²) < 4.78 is 5.14. The van der Waals surface area contributed by atoms with Gasteiger partial charge >= 0.3 is 12.0 Å². The quantitative estimate of drug-likeness (QED) is 0.104. The number of carbonyl (C=O) groups is 6. The van der Waals surface area contributed by atoms with Crippen molar-refractivity contribution in [3.8, 4) is 12.3 Å². The van der Waals surface area contributed by atoms with Gasteiger partial charge in [-0.2, -0.15) is 0 Å². The molecule has 12 nitrogen and oxygen atoms in total. The number of hydrogen-bond acceptors (Lipinski definition) is 7. The molecule has 4 N–H and O–H groups in total. The predicted molar refractivity (Wildman–Crippen MR) is 174 cm³/mol. The van der Waals surface area contributed by atoms with Gasteiger partial charge in [0.1, 0.15) is 12.1 Å². The second kappa shape index (κ2) is 14.3. The number of piperidine rings is 1. The topological polar surface area (TPSA) is 163 Å². The molecule has 256 valence electrons. The van der Waals surface area contributed by atoms with Gasteiger partial charge in [-0.15, -0.1) is 13.0 Å². The molecule has 12 heteroatoms. The smallest absolute Gasteiger partial charge is 0.315 e. The molecule has 2 aliphatic rings. The van der Waals surface area contributed by atoms with Crippen LogP contribution in [0.4, 0.5) is 4.79 Å². The third kappa shape index (κ3) is 9.81. The van der Waals surface area contributed by atoms with Gasteiger partial charge in [-0.3, -0.25) is 24.0 Å². The Hall–Kier alpha value is -3.88. The fourth-order valence-corrected chi connectivity index (χ4v) is 5.83. The Morgan fingerprint density at radius 1 is 1.04 bits per heavy atom. The van der Waals surface area contributed by atoms with E-state index in [1.807, 2.05) is 55.4 Å². The molecule has 0 spiro atoms. The van der Waals surface area contributed by atoms with Crippen molar-refractivity contribution in [3.05, 3.63) is 12.7 Å². The molecule has 1 saturated heterocycles. The second-order valence-corrected chi connectivity index (χ2v) is 15.5. The molecular formula is C34H53N5O7. The first kappa shape index (κ1) is 38.3. The second-order valence-electron chi connectivity index (χ2n) is 15.5. The third-order valence-corrected chi connectivity index (χ3v) is 8.48. The SMILES string of the molecule is C#CC(C)(C)OC(=O)CCNC(=O)C(=O)C(CCC=C)NC(=O)[C@@H]1[C@@H]2[C@H](CN1C(=O)[C@@H](NC(=O)NC(C)(C)C)C(C)(C)C)C2(C)C. The van der Waals surface area contributed by atoms with E-state index < -0.39 is 70.2 Å². The van der Waals surface area contributed by atoms with Crippen LogP contribution in [-0.2, 0) is 28.7 Å². The van der Waals surface area contributed by atoms with Gasteiger partial charge < -0.3 is 30.9 Å². The zero-order valence-electron chi connectivity index (χ0n) is 29.1. The number of esters is 1. The van der Waals surface area contributed by atoms with Crippen LogP contribution in [-0.4, -0.2) is 82.8 Å². The fourth-order valence-electron chi connectivity index (χ4n) is 5.83. The Bertz CT molecular complexity index is 1270. The average Bonchev–Trinajstić information content (AvgIpc) is 3.23. The van der Waals surface area contributed by atoms with E-state index in [1.165, 1.54) is 4.90 Å². The lowest BCUT2D eigenvalue weighted by Gasteiger charge is -2.38. The highest BCUT2D eigenvalue weighted by Gasteiger charge is 2.70. The first-order valence-electron chi connectivity index (χ1n) is 15.8. The van der Waals surface area contributed by atoms with Crippen LogP contribution in [0, 0.1) is 35.0 Å². The number of amides is 5. The van der Waals surface area contributed by atoms with Crippen LogP contribution in [0.1, 0.15) is 88.5 Å². The molecule has 1 aliphatic carbocycles. The number of Topliss-reactive ketones (excluding diaryl/α,β-unsaturated/α-hetero) is 1. The van der Waals surface area contributed by atoms with E-state index in [4.69, 9.17) is 11.2 Å². The highest BCUT2D eigenvalue weighted by atomic mass is 16.6. The minimum absolute atomic E-state index is 0.0565. The Balaban J connectivity index is 2.22. The van der Waals surface area contributed by atoms with Gasteiger partial charge in [-0.25, -0.2) is 4.79 Å². The number of urea groups is 1. The molecule has 2 rings (SSSR count). The Kier molecular flexibility index (Phi) is 11.9. The van der Waals surface area contributed by atoms with E-state index in [-0.39, 0.29) is 36.6 Å². The van der Waals surface area contributed by atoms with Gasteiger partial charge in [0.05, 0.1) is 12.5 Å². The van der Waals surface area contributed by atoms with Crippen molar-refractivity contribution >= 4 is 35.5 Å². The fraction of sp³-hybridized carbons (Fsp3) is 0.706. The van der Waals surface area contributed by atoms with E-state index in [9.17, 15) is 28.8 Å². The van der Waals surface area contributed by atoms with Gasteiger partial charge in [0.25, 0.3) is 5.91 Å². The number of ether oxygens (including phenoxy) is 1. The lowest BCUT2D eigenvalue weighted by Crippen LogP contribution is -2.62. The highest BCUT2D eigenvalue weighted by molar-refractivity contribution is 6.38. The van der Waals surface area contributed by atoms with Gasteiger partial charge in [0.15, 0.2) is 5.60 Å². The molecule has 1 saturated carbocycles. The normalized spacial score (nSPS) is 21.4.